The van der Waals surface area contributed by atoms with Crippen molar-refractivity contribution in [3.05, 3.63) is 35.9 Å². The van der Waals surface area contributed by atoms with Gasteiger partial charge < -0.3 is 4.90 Å². The maximum Gasteiger partial charge on any atom is 0.240 e. The zero-order valence-electron chi connectivity index (χ0n) is 17.0. The molecule has 3 amide bonds. The number of rotatable bonds is 5. The second-order valence-electron chi connectivity index (χ2n) is 8.61. The van der Waals surface area contributed by atoms with Crippen molar-refractivity contribution in [3.63, 3.8) is 0 Å². The molecular formula is C23H30N2O3S. The van der Waals surface area contributed by atoms with Gasteiger partial charge in [0.2, 0.25) is 17.7 Å². The van der Waals surface area contributed by atoms with Crippen LogP contribution in [-0.4, -0.2) is 58.7 Å². The van der Waals surface area contributed by atoms with Crippen LogP contribution >= 0.6 is 11.8 Å². The number of carbonyl (C=O) groups is 3. The minimum absolute atomic E-state index is 0.00480. The summed E-state index contributed by atoms with van der Waals surface area (Å²) in [6.07, 6.45) is 5.96. The molecule has 5 nitrogen and oxygen atoms in total. The van der Waals surface area contributed by atoms with Crippen LogP contribution in [0.25, 0.3) is 0 Å². The summed E-state index contributed by atoms with van der Waals surface area (Å²) in [6, 6.07) is 9.48. The number of likely N-dealkylation sites (tertiary alicyclic amines) is 1. The summed E-state index contributed by atoms with van der Waals surface area (Å²) in [5.41, 5.74) is -0.251. The third-order valence-electron chi connectivity index (χ3n) is 6.72. The number of imide groups is 1. The fourth-order valence-electron chi connectivity index (χ4n) is 5.02. The SMILES string of the molecule is O=C(CC1(c2ccccc2)CC(=O)N(CC2CCCCC2)C1=O)N1CCSCC1. The molecular weight excluding hydrogens is 384 g/mol. The van der Waals surface area contributed by atoms with Crippen molar-refractivity contribution < 1.29 is 14.4 Å². The molecule has 0 N–H and O–H groups in total. The van der Waals surface area contributed by atoms with E-state index in [-0.39, 0.29) is 30.6 Å². The summed E-state index contributed by atoms with van der Waals surface area (Å²) >= 11 is 1.85. The lowest BCUT2D eigenvalue weighted by Crippen LogP contribution is -2.46. The number of amides is 3. The van der Waals surface area contributed by atoms with Crippen LogP contribution in [0.1, 0.15) is 50.5 Å². The predicted molar refractivity (Wildman–Crippen MR) is 115 cm³/mol. The Morgan fingerprint density at radius 3 is 2.41 bits per heavy atom. The van der Waals surface area contributed by atoms with Crippen molar-refractivity contribution >= 4 is 29.5 Å². The van der Waals surface area contributed by atoms with Gasteiger partial charge in [-0.15, -0.1) is 0 Å². The minimum atomic E-state index is -1.05. The molecule has 29 heavy (non-hydrogen) atoms. The first-order chi connectivity index (χ1) is 14.1. The number of hydrogen-bond acceptors (Lipinski definition) is 4. The van der Waals surface area contributed by atoms with Crippen molar-refractivity contribution in [3.8, 4) is 0 Å². The molecule has 2 saturated heterocycles. The molecule has 1 atom stereocenters. The monoisotopic (exact) mass is 414 g/mol. The molecule has 2 aliphatic heterocycles. The highest BCUT2D eigenvalue weighted by Gasteiger charge is 2.54. The number of benzene rings is 1. The Morgan fingerprint density at radius 1 is 1.03 bits per heavy atom. The summed E-state index contributed by atoms with van der Waals surface area (Å²) in [5.74, 6) is 1.98. The average Bonchev–Trinajstić information content (AvgIpc) is 3.00. The predicted octanol–water partition coefficient (Wildman–Crippen LogP) is 3.23. The quantitative estimate of drug-likeness (QED) is 0.694. The maximum atomic E-state index is 13.7. The van der Waals surface area contributed by atoms with Crippen molar-refractivity contribution in [2.75, 3.05) is 31.1 Å². The maximum absolute atomic E-state index is 13.7. The Balaban J connectivity index is 1.59. The molecule has 3 aliphatic rings. The second kappa shape index (κ2) is 8.90. The number of thioether (sulfide) groups is 1. The van der Waals surface area contributed by atoms with Gasteiger partial charge in [-0.05, 0) is 24.3 Å². The summed E-state index contributed by atoms with van der Waals surface area (Å²) in [7, 11) is 0. The van der Waals surface area contributed by atoms with Gasteiger partial charge in [-0.1, -0.05) is 49.6 Å². The Hall–Kier alpha value is -1.82. The normalized spacial score (nSPS) is 26.2. The van der Waals surface area contributed by atoms with Crippen LogP contribution in [-0.2, 0) is 19.8 Å². The van der Waals surface area contributed by atoms with Gasteiger partial charge in [0.05, 0.1) is 5.41 Å². The van der Waals surface area contributed by atoms with Crippen LogP contribution in [0.15, 0.2) is 30.3 Å². The fourth-order valence-corrected chi connectivity index (χ4v) is 5.92. The molecule has 2 heterocycles. The molecule has 0 bridgehead atoms. The largest absolute Gasteiger partial charge is 0.341 e. The van der Waals surface area contributed by atoms with E-state index in [9.17, 15) is 14.4 Å². The second-order valence-corrected chi connectivity index (χ2v) is 9.83. The van der Waals surface area contributed by atoms with Crippen LogP contribution in [0.4, 0.5) is 0 Å². The number of hydrogen-bond donors (Lipinski definition) is 0. The van der Waals surface area contributed by atoms with E-state index in [0.717, 1.165) is 43.0 Å². The molecule has 1 unspecified atom stereocenters. The highest BCUT2D eigenvalue weighted by Crippen LogP contribution is 2.41. The lowest BCUT2D eigenvalue weighted by atomic mass is 9.75. The lowest BCUT2D eigenvalue weighted by Gasteiger charge is -2.33. The molecule has 156 valence electrons. The van der Waals surface area contributed by atoms with E-state index in [0.29, 0.717) is 12.5 Å². The molecule has 0 spiro atoms. The Kier molecular flexibility index (Phi) is 6.28. The number of carbonyl (C=O) groups excluding carboxylic acids is 3. The van der Waals surface area contributed by atoms with Crippen LogP contribution in [0.2, 0.25) is 0 Å². The molecule has 1 aromatic rings. The van der Waals surface area contributed by atoms with Crippen molar-refractivity contribution in [1.29, 1.82) is 0 Å². The Labute approximate surface area is 177 Å². The van der Waals surface area contributed by atoms with Gasteiger partial charge in [-0.2, -0.15) is 11.8 Å². The average molecular weight is 415 g/mol. The van der Waals surface area contributed by atoms with Crippen molar-refractivity contribution in [2.24, 2.45) is 5.92 Å². The Bertz CT molecular complexity index is 757. The highest BCUT2D eigenvalue weighted by molar-refractivity contribution is 7.99. The van der Waals surface area contributed by atoms with Gasteiger partial charge in [0.25, 0.3) is 0 Å². The van der Waals surface area contributed by atoms with Crippen molar-refractivity contribution in [1.82, 2.24) is 9.80 Å². The van der Waals surface area contributed by atoms with E-state index < -0.39 is 5.41 Å². The zero-order chi connectivity index (χ0) is 20.3. The van der Waals surface area contributed by atoms with Gasteiger partial charge in [-0.3, -0.25) is 19.3 Å². The Morgan fingerprint density at radius 2 is 1.72 bits per heavy atom. The minimum Gasteiger partial charge on any atom is -0.341 e. The number of nitrogens with zero attached hydrogens (tertiary/aromatic N) is 2. The molecule has 1 aliphatic carbocycles. The molecule has 1 saturated carbocycles. The standard InChI is InChI=1S/C23H30N2O3S/c26-20(24-11-13-29-14-12-24)15-23(19-9-5-2-6-10-19)16-21(27)25(22(23)28)17-18-7-3-1-4-8-18/h2,5-6,9-10,18H,1,3-4,7-8,11-17H2. The third-order valence-corrected chi connectivity index (χ3v) is 7.66. The summed E-state index contributed by atoms with van der Waals surface area (Å²) in [5, 5.41) is 0. The van der Waals surface area contributed by atoms with E-state index in [1.165, 1.54) is 24.2 Å². The van der Waals surface area contributed by atoms with Gasteiger partial charge >= 0.3 is 0 Å². The van der Waals surface area contributed by atoms with E-state index in [2.05, 4.69) is 0 Å². The summed E-state index contributed by atoms with van der Waals surface area (Å²) in [4.78, 5) is 43.1. The van der Waals surface area contributed by atoms with Crippen LogP contribution < -0.4 is 0 Å². The topological polar surface area (TPSA) is 57.7 Å². The molecule has 6 heteroatoms. The first-order valence-electron chi connectivity index (χ1n) is 10.9. The van der Waals surface area contributed by atoms with E-state index in [4.69, 9.17) is 0 Å². The fraction of sp³-hybridized carbons (Fsp3) is 0.609. The van der Waals surface area contributed by atoms with E-state index in [1.807, 2.05) is 47.0 Å². The first-order valence-corrected chi connectivity index (χ1v) is 12.0. The first kappa shape index (κ1) is 20.5. The van der Waals surface area contributed by atoms with Crippen LogP contribution in [0.3, 0.4) is 0 Å². The molecule has 0 radical (unpaired) electrons. The zero-order valence-corrected chi connectivity index (χ0v) is 17.8. The van der Waals surface area contributed by atoms with Gasteiger partial charge in [0.1, 0.15) is 0 Å². The summed E-state index contributed by atoms with van der Waals surface area (Å²) in [6.45, 7) is 1.96. The van der Waals surface area contributed by atoms with Crippen molar-refractivity contribution in [2.45, 2.75) is 50.4 Å². The smallest absolute Gasteiger partial charge is 0.240 e. The third kappa shape index (κ3) is 4.23. The molecule has 4 rings (SSSR count). The molecule has 3 fully saturated rings. The van der Waals surface area contributed by atoms with Crippen LogP contribution in [0.5, 0.6) is 0 Å². The van der Waals surface area contributed by atoms with Gasteiger partial charge in [0, 0.05) is 44.0 Å². The van der Waals surface area contributed by atoms with E-state index in [1.54, 1.807) is 0 Å². The molecule has 1 aromatic carbocycles. The van der Waals surface area contributed by atoms with Gasteiger partial charge in [0.15, 0.2) is 0 Å². The molecule has 0 aromatic heterocycles. The van der Waals surface area contributed by atoms with Gasteiger partial charge in [-0.25, -0.2) is 0 Å². The summed E-state index contributed by atoms with van der Waals surface area (Å²) < 4.78 is 0. The lowest BCUT2D eigenvalue weighted by molar-refractivity contribution is -0.143. The highest BCUT2D eigenvalue weighted by atomic mass is 32.2. The van der Waals surface area contributed by atoms with E-state index >= 15 is 0 Å². The van der Waals surface area contributed by atoms with Crippen LogP contribution in [0, 0.1) is 5.92 Å².